The first-order chi connectivity index (χ1) is 11.3. The van der Waals surface area contributed by atoms with Gasteiger partial charge in [-0.3, -0.25) is 9.48 Å². The Morgan fingerprint density at radius 3 is 3.04 bits per heavy atom. The van der Waals surface area contributed by atoms with Gasteiger partial charge in [0.25, 0.3) is 0 Å². The number of amides is 1. The van der Waals surface area contributed by atoms with E-state index < -0.39 is 0 Å². The number of rotatable bonds is 8. The fourth-order valence-corrected chi connectivity index (χ4v) is 3.00. The normalized spacial score (nSPS) is 25.0. The Morgan fingerprint density at radius 1 is 1.39 bits per heavy atom. The van der Waals surface area contributed by atoms with Gasteiger partial charge in [-0.05, 0) is 31.6 Å². The smallest absolute Gasteiger partial charge is 0.220 e. The van der Waals surface area contributed by atoms with E-state index in [0.717, 1.165) is 25.4 Å². The van der Waals surface area contributed by atoms with E-state index in [4.69, 9.17) is 9.47 Å². The number of hydrogen-bond donors (Lipinski definition) is 1. The molecule has 1 aromatic heterocycles. The zero-order valence-electron chi connectivity index (χ0n) is 13.5. The highest BCUT2D eigenvalue weighted by Crippen LogP contribution is 2.27. The van der Waals surface area contributed by atoms with Gasteiger partial charge >= 0.3 is 0 Å². The Balaban J connectivity index is 1.37. The third-order valence-corrected chi connectivity index (χ3v) is 4.67. The minimum atomic E-state index is -0.0253. The maximum Gasteiger partial charge on any atom is 0.220 e. The lowest BCUT2D eigenvalue weighted by Crippen LogP contribution is -2.51. The molecule has 2 aliphatic rings. The van der Waals surface area contributed by atoms with Crippen LogP contribution in [0, 0.1) is 5.92 Å². The summed E-state index contributed by atoms with van der Waals surface area (Å²) < 4.78 is 13.3. The summed E-state index contributed by atoms with van der Waals surface area (Å²) in [6.45, 7) is 2.79. The van der Waals surface area contributed by atoms with Crippen LogP contribution in [-0.2, 0) is 20.8 Å². The Morgan fingerprint density at radius 2 is 2.30 bits per heavy atom. The lowest BCUT2D eigenvalue weighted by atomic mass is 9.86. The summed E-state index contributed by atoms with van der Waals surface area (Å²) in [5.74, 6) is 0.773. The van der Waals surface area contributed by atoms with Crippen molar-refractivity contribution in [3.63, 3.8) is 0 Å². The molecule has 0 bridgehead atoms. The summed E-state index contributed by atoms with van der Waals surface area (Å²) in [6, 6.07) is -0.0253. The molecule has 2 heterocycles. The van der Waals surface area contributed by atoms with E-state index in [1.54, 1.807) is 11.0 Å². The van der Waals surface area contributed by atoms with Crippen LogP contribution < -0.4 is 5.32 Å². The summed E-state index contributed by atoms with van der Waals surface area (Å²) in [6.07, 6.45) is 9.22. The van der Waals surface area contributed by atoms with Gasteiger partial charge in [-0.15, -0.1) is 0 Å². The maximum atomic E-state index is 12.1. The van der Waals surface area contributed by atoms with Gasteiger partial charge < -0.3 is 14.8 Å². The summed E-state index contributed by atoms with van der Waals surface area (Å²) >= 11 is 0. The highest BCUT2D eigenvalue weighted by molar-refractivity contribution is 5.76. The van der Waals surface area contributed by atoms with Crippen LogP contribution in [0.1, 0.15) is 38.5 Å². The van der Waals surface area contributed by atoms with E-state index in [1.807, 2.05) is 0 Å². The number of aromatic nitrogens is 3. The first kappa shape index (κ1) is 16.4. The number of ether oxygens (including phenoxy) is 2. The Bertz CT molecular complexity index is 476. The molecule has 7 heteroatoms. The number of carbonyl (C=O) groups excluding carboxylic acids is 1. The number of aryl methyl sites for hydroxylation is 1. The number of carbonyl (C=O) groups is 1. The first-order valence-electron chi connectivity index (χ1n) is 8.62. The van der Waals surface area contributed by atoms with E-state index in [0.29, 0.717) is 26.2 Å². The van der Waals surface area contributed by atoms with Crippen LogP contribution in [0.2, 0.25) is 0 Å². The molecular weight excluding hydrogens is 296 g/mol. The van der Waals surface area contributed by atoms with Crippen molar-refractivity contribution in [2.75, 3.05) is 19.8 Å². The maximum absolute atomic E-state index is 12.1. The quantitative estimate of drug-likeness (QED) is 0.777. The van der Waals surface area contributed by atoms with Gasteiger partial charge in [-0.2, -0.15) is 5.10 Å². The topological polar surface area (TPSA) is 78.3 Å². The molecule has 0 aromatic carbocycles. The van der Waals surface area contributed by atoms with Crippen molar-refractivity contribution >= 4 is 5.91 Å². The van der Waals surface area contributed by atoms with E-state index in [9.17, 15) is 4.79 Å². The lowest BCUT2D eigenvalue weighted by Gasteiger charge is -2.34. The van der Waals surface area contributed by atoms with Gasteiger partial charge in [0.1, 0.15) is 12.7 Å². The average molecular weight is 322 g/mol. The first-order valence-corrected chi connectivity index (χ1v) is 8.62. The highest BCUT2D eigenvalue weighted by atomic mass is 16.5. The molecule has 2 fully saturated rings. The van der Waals surface area contributed by atoms with Crippen LogP contribution in [0.5, 0.6) is 0 Å². The van der Waals surface area contributed by atoms with Crippen molar-refractivity contribution in [1.82, 2.24) is 20.1 Å². The minimum absolute atomic E-state index is 0.0253. The van der Waals surface area contributed by atoms with Crippen molar-refractivity contribution in [2.24, 2.45) is 5.92 Å². The predicted molar refractivity (Wildman–Crippen MR) is 83.7 cm³/mol. The van der Waals surface area contributed by atoms with Gasteiger partial charge in [0.2, 0.25) is 5.91 Å². The Labute approximate surface area is 136 Å². The van der Waals surface area contributed by atoms with E-state index in [-0.39, 0.29) is 18.1 Å². The third kappa shape index (κ3) is 5.00. The fraction of sp³-hybridized carbons (Fsp3) is 0.812. The van der Waals surface area contributed by atoms with Gasteiger partial charge in [-0.1, -0.05) is 6.42 Å². The molecule has 1 saturated carbocycles. The van der Waals surface area contributed by atoms with E-state index in [1.165, 1.54) is 25.6 Å². The second-order valence-electron chi connectivity index (χ2n) is 6.47. The molecule has 1 amide bonds. The Kier molecular flexibility index (Phi) is 5.99. The van der Waals surface area contributed by atoms with Crippen LogP contribution in [0.4, 0.5) is 0 Å². The molecule has 1 aromatic rings. The van der Waals surface area contributed by atoms with Crippen LogP contribution in [0.25, 0.3) is 0 Å². The molecule has 23 heavy (non-hydrogen) atoms. The summed E-state index contributed by atoms with van der Waals surface area (Å²) in [5.41, 5.74) is 0. The molecule has 1 N–H and O–H groups in total. The molecule has 0 spiro atoms. The van der Waals surface area contributed by atoms with Crippen LogP contribution in [0.15, 0.2) is 12.7 Å². The SMILES string of the molecule is O=C(CCCn1cncn1)N[C@@H]1COCC[C@@H]1OCC1CCC1. The molecule has 0 radical (unpaired) electrons. The molecule has 3 rings (SSSR count). The molecule has 2 atom stereocenters. The number of nitrogens with one attached hydrogen (secondary N) is 1. The van der Waals surface area contributed by atoms with Gasteiger partial charge in [0.15, 0.2) is 0 Å². The van der Waals surface area contributed by atoms with Crippen molar-refractivity contribution < 1.29 is 14.3 Å². The third-order valence-electron chi connectivity index (χ3n) is 4.67. The molecule has 1 saturated heterocycles. The van der Waals surface area contributed by atoms with Crippen LogP contribution >= 0.6 is 0 Å². The largest absolute Gasteiger partial charge is 0.379 e. The average Bonchev–Trinajstić information content (AvgIpc) is 3.00. The molecule has 128 valence electrons. The Hall–Kier alpha value is -1.47. The molecule has 1 aliphatic carbocycles. The lowest BCUT2D eigenvalue weighted by molar-refractivity contribution is -0.127. The highest BCUT2D eigenvalue weighted by Gasteiger charge is 2.29. The molecule has 0 unspecified atom stereocenters. The van der Waals surface area contributed by atoms with E-state index in [2.05, 4.69) is 15.4 Å². The van der Waals surface area contributed by atoms with Gasteiger partial charge in [-0.25, -0.2) is 4.98 Å². The monoisotopic (exact) mass is 322 g/mol. The van der Waals surface area contributed by atoms with Gasteiger partial charge in [0.05, 0.1) is 18.8 Å². The number of nitrogens with zero attached hydrogens (tertiary/aromatic N) is 3. The summed E-state index contributed by atoms with van der Waals surface area (Å²) in [4.78, 5) is 16.0. The van der Waals surface area contributed by atoms with Crippen molar-refractivity contribution in [2.45, 2.75) is 57.2 Å². The van der Waals surface area contributed by atoms with Crippen molar-refractivity contribution in [3.05, 3.63) is 12.7 Å². The second-order valence-corrected chi connectivity index (χ2v) is 6.47. The zero-order chi connectivity index (χ0) is 15.9. The minimum Gasteiger partial charge on any atom is -0.379 e. The van der Waals surface area contributed by atoms with Crippen LogP contribution in [0.3, 0.4) is 0 Å². The number of hydrogen-bond acceptors (Lipinski definition) is 5. The zero-order valence-corrected chi connectivity index (χ0v) is 13.5. The van der Waals surface area contributed by atoms with Crippen molar-refractivity contribution in [1.29, 1.82) is 0 Å². The van der Waals surface area contributed by atoms with Crippen molar-refractivity contribution in [3.8, 4) is 0 Å². The van der Waals surface area contributed by atoms with Crippen LogP contribution in [-0.4, -0.2) is 52.6 Å². The van der Waals surface area contributed by atoms with E-state index >= 15 is 0 Å². The van der Waals surface area contributed by atoms with Gasteiger partial charge in [0, 0.05) is 26.2 Å². The molecule has 7 nitrogen and oxygen atoms in total. The molecule has 1 aliphatic heterocycles. The summed E-state index contributed by atoms with van der Waals surface area (Å²) in [7, 11) is 0. The fourth-order valence-electron chi connectivity index (χ4n) is 3.00. The second kappa shape index (κ2) is 8.40. The standard InChI is InChI=1S/C16H26N4O3/c21-16(5-2-7-20-12-17-11-18-20)19-14-10-22-8-6-15(14)23-9-13-3-1-4-13/h11-15H,1-10H2,(H,19,21)/t14-,15+/m1/s1. The summed E-state index contributed by atoms with van der Waals surface area (Å²) in [5, 5.41) is 7.10. The molecular formula is C16H26N4O3. The predicted octanol–water partition coefficient (Wildman–Crippen LogP) is 1.15.